The highest BCUT2D eigenvalue weighted by atomic mass is 16.5. The van der Waals surface area contributed by atoms with Crippen molar-refractivity contribution in [2.45, 2.75) is 26.2 Å². The van der Waals surface area contributed by atoms with E-state index in [9.17, 15) is 4.79 Å². The van der Waals surface area contributed by atoms with Gasteiger partial charge in [-0.15, -0.1) is 0 Å². The van der Waals surface area contributed by atoms with Crippen LogP contribution in [-0.4, -0.2) is 11.1 Å². The molecular weight excluding hydrogens is 252 g/mol. The van der Waals surface area contributed by atoms with Crippen LogP contribution < -0.4 is 4.74 Å². The van der Waals surface area contributed by atoms with Crippen molar-refractivity contribution < 1.29 is 14.6 Å². The van der Waals surface area contributed by atoms with Crippen molar-refractivity contribution in [2.24, 2.45) is 0 Å². The van der Waals surface area contributed by atoms with Gasteiger partial charge in [0.15, 0.2) is 0 Å². The highest BCUT2D eigenvalue weighted by molar-refractivity contribution is 5.66. The molecule has 0 amide bonds. The predicted octanol–water partition coefficient (Wildman–Crippen LogP) is 4.19. The Balaban J connectivity index is 2.00. The predicted molar refractivity (Wildman–Crippen MR) is 78.3 cm³/mol. The number of aliphatic carboxylic acids is 1. The van der Waals surface area contributed by atoms with Gasteiger partial charge in [0.1, 0.15) is 11.5 Å². The zero-order valence-electron chi connectivity index (χ0n) is 11.5. The zero-order valence-corrected chi connectivity index (χ0v) is 11.5. The lowest BCUT2D eigenvalue weighted by Gasteiger charge is -2.09. The maximum absolute atomic E-state index is 10.5. The minimum atomic E-state index is -0.744. The summed E-state index contributed by atoms with van der Waals surface area (Å²) >= 11 is 0. The van der Waals surface area contributed by atoms with Crippen molar-refractivity contribution in [1.82, 2.24) is 0 Å². The zero-order chi connectivity index (χ0) is 14.4. The fourth-order valence-electron chi connectivity index (χ4n) is 2.07. The second-order valence-electron chi connectivity index (χ2n) is 4.75. The number of ether oxygens (including phenoxy) is 1. The van der Waals surface area contributed by atoms with Crippen LogP contribution >= 0.6 is 0 Å². The van der Waals surface area contributed by atoms with Crippen LogP contribution in [0.5, 0.6) is 11.5 Å². The quantitative estimate of drug-likeness (QED) is 0.856. The summed E-state index contributed by atoms with van der Waals surface area (Å²) in [6.07, 6.45) is 1.65. The highest BCUT2D eigenvalue weighted by Crippen LogP contribution is 2.24. The first-order chi connectivity index (χ1) is 9.65. The number of carboxylic acids is 1. The topological polar surface area (TPSA) is 46.5 Å². The molecule has 0 radical (unpaired) electrons. The lowest BCUT2D eigenvalue weighted by Crippen LogP contribution is -1.97. The number of para-hydroxylation sites is 1. The SMILES string of the molecule is Cc1cc(Oc2ccccc2)ccc1CCCC(=O)O. The van der Waals surface area contributed by atoms with Crippen LogP contribution in [0.1, 0.15) is 24.0 Å². The molecule has 2 rings (SSSR count). The molecule has 0 saturated carbocycles. The van der Waals surface area contributed by atoms with Gasteiger partial charge in [0, 0.05) is 6.42 Å². The smallest absolute Gasteiger partial charge is 0.303 e. The van der Waals surface area contributed by atoms with E-state index in [2.05, 4.69) is 0 Å². The maximum atomic E-state index is 10.5. The summed E-state index contributed by atoms with van der Waals surface area (Å²) in [5, 5.41) is 8.65. The molecule has 0 bridgehead atoms. The molecule has 104 valence electrons. The van der Waals surface area contributed by atoms with Gasteiger partial charge in [-0.1, -0.05) is 24.3 Å². The van der Waals surface area contributed by atoms with Gasteiger partial charge >= 0.3 is 5.97 Å². The third kappa shape index (κ3) is 4.12. The highest BCUT2D eigenvalue weighted by Gasteiger charge is 2.04. The van der Waals surface area contributed by atoms with Gasteiger partial charge in [0.2, 0.25) is 0 Å². The van der Waals surface area contributed by atoms with Crippen LogP contribution in [0.25, 0.3) is 0 Å². The van der Waals surface area contributed by atoms with Gasteiger partial charge in [-0.3, -0.25) is 4.79 Å². The molecule has 20 heavy (non-hydrogen) atoms. The molecule has 1 N–H and O–H groups in total. The summed E-state index contributed by atoms with van der Waals surface area (Å²) in [6.45, 7) is 2.02. The van der Waals surface area contributed by atoms with Crippen molar-refractivity contribution in [3.63, 3.8) is 0 Å². The Kier molecular flexibility index (Phi) is 4.77. The molecule has 0 aliphatic heterocycles. The van der Waals surface area contributed by atoms with Gasteiger partial charge in [0.25, 0.3) is 0 Å². The minimum Gasteiger partial charge on any atom is -0.481 e. The summed E-state index contributed by atoms with van der Waals surface area (Å²) in [7, 11) is 0. The molecule has 3 nitrogen and oxygen atoms in total. The lowest BCUT2D eigenvalue weighted by atomic mass is 10.0. The first-order valence-electron chi connectivity index (χ1n) is 6.69. The number of carbonyl (C=O) groups is 1. The van der Waals surface area contributed by atoms with E-state index < -0.39 is 5.97 Å². The van der Waals surface area contributed by atoms with E-state index in [1.807, 2.05) is 55.5 Å². The van der Waals surface area contributed by atoms with Crippen LogP contribution in [0.2, 0.25) is 0 Å². The fraction of sp³-hybridized carbons (Fsp3) is 0.235. The van der Waals surface area contributed by atoms with Crippen LogP contribution in [0.15, 0.2) is 48.5 Å². The molecule has 2 aromatic carbocycles. The van der Waals surface area contributed by atoms with E-state index in [1.54, 1.807) is 0 Å². The van der Waals surface area contributed by atoms with Crippen LogP contribution in [0.3, 0.4) is 0 Å². The monoisotopic (exact) mass is 270 g/mol. The number of carboxylic acid groups (broad SMARTS) is 1. The van der Waals surface area contributed by atoms with Gasteiger partial charge in [-0.05, 0) is 55.2 Å². The van der Waals surface area contributed by atoms with Crippen molar-refractivity contribution in [3.05, 3.63) is 59.7 Å². The van der Waals surface area contributed by atoms with Gasteiger partial charge in [-0.2, -0.15) is 0 Å². The molecule has 2 aromatic rings. The van der Waals surface area contributed by atoms with Crippen molar-refractivity contribution in [2.75, 3.05) is 0 Å². The molecule has 0 unspecified atom stereocenters. The van der Waals surface area contributed by atoms with E-state index in [-0.39, 0.29) is 6.42 Å². The third-order valence-corrected chi connectivity index (χ3v) is 3.13. The Bertz CT molecular complexity index is 576. The van der Waals surface area contributed by atoms with Gasteiger partial charge in [0.05, 0.1) is 0 Å². The van der Waals surface area contributed by atoms with Gasteiger partial charge < -0.3 is 9.84 Å². The second kappa shape index (κ2) is 6.75. The standard InChI is InChI=1S/C17H18O3/c1-13-12-16(20-15-7-3-2-4-8-15)11-10-14(13)6-5-9-17(18)19/h2-4,7-8,10-12H,5-6,9H2,1H3,(H,18,19). The first-order valence-corrected chi connectivity index (χ1v) is 6.69. The third-order valence-electron chi connectivity index (χ3n) is 3.13. The fourth-order valence-corrected chi connectivity index (χ4v) is 2.07. The summed E-state index contributed by atoms with van der Waals surface area (Å²) in [5.41, 5.74) is 2.30. The van der Waals surface area contributed by atoms with E-state index in [0.717, 1.165) is 23.5 Å². The Morgan fingerprint density at radius 3 is 2.50 bits per heavy atom. The van der Waals surface area contributed by atoms with Crippen LogP contribution in [0.4, 0.5) is 0 Å². The normalized spacial score (nSPS) is 10.2. The summed E-state index contributed by atoms with van der Waals surface area (Å²) in [6, 6.07) is 15.6. The summed E-state index contributed by atoms with van der Waals surface area (Å²) in [4.78, 5) is 10.5. The van der Waals surface area contributed by atoms with Crippen LogP contribution in [-0.2, 0) is 11.2 Å². The Labute approximate surface area is 118 Å². The maximum Gasteiger partial charge on any atom is 0.303 e. The molecule has 0 saturated heterocycles. The Morgan fingerprint density at radius 2 is 1.85 bits per heavy atom. The summed E-state index contributed by atoms with van der Waals surface area (Å²) in [5.74, 6) is 0.868. The number of hydrogen-bond acceptors (Lipinski definition) is 2. The van der Waals surface area contributed by atoms with Crippen molar-refractivity contribution in [1.29, 1.82) is 0 Å². The van der Waals surface area contributed by atoms with Gasteiger partial charge in [-0.25, -0.2) is 0 Å². The van der Waals surface area contributed by atoms with Crippen LogP contribution in [0, 0.1) is 6.92 Å². The largest absolute Gasteiger partial charge is 0.481 e. The molecule has 0 atom stereocenters. The van der Waals surface area contributed by atoms with E-state index >= 15 is 0 Å². The van der Waals surface area contributed by atoms with Crippen molar-refractivity contribution >= 4 is 5.97 Å². The van der Waals surface area contributed by atoms with E-state index in [1.165, 1.54) is 5.56 Å². The average Bonchev–Trinajstić information content (AvgIpc) is 2.42. The number of aryl methyl sites for hydroxylation is 2. The lowest BCUT2D eigenvalue weighted by molar-refractivity contribution is -0.137. The molecule has 0 spiro atoms. The Morgan fingerprint density at radius 1 is 1.10 bits per heavy atom. The molecule has 0 aromatic heterocycles. The number of rotatable bonds is 6. The second-order valence-corrected chi connectivity index (χ2v) is 4.75. The van der Waals surface area contributed by atoms with E-state index in [4.69, 9.17) is 9.84 Å². The number of benzene rings is 2. The number of hydrogen-bond donors (Lipinski definition) is 1. The molecule has 0 fully saturated rings. The molecule has 3 heteroatoms. The molecule has 0 aliphatic rings. The molecule has 0 heterocycles. The Hall–Kier alpha value is -2.29. The summed E-state index contributed by atoms with van der Waals surface area (Å²) < 4.78 is 5.76. The van der Waals surface area contributed by atoms with Crippen molar-refractivity contribution in [3.8, 4) is 11.5 Å². The van der Waals surface area contributed by atoms with E-state index in [0.29, 0.717) is 6.42 Å². The molecular formula is C17H18O3. The average molecular weight is 270 g/mol. The molecule has 0 aliphatic carbocycles. The first kappa shape index (κ1) is 14.1. The minimum absolute atomic E-state index is 0.210.